The lowest BCUT2D eigenvalue weighted by Crippen LogP contribution is -2.13. The lowest BCUT2D eigenvalue weighted by molar-refractivity contribution is 0.359. The number of rotatable bonds is 2. The summed E-state index contributed by atoms with van der Waals surface area (Å²) in [5, 5.41) is 0.984. The Morgan fingerprint density at radius 3 is 2.50 bits per heavy atom. The SMILES string of the molecule is CC(C)(C)CCC1CCCCS1. The molecule has 0 aromatic rings. The van der Waals surface area contributed by atoms with Gasteiger partial charge in [-0.25, -0.2) is 0 Å². The molecule has 1 aliphatic rings. The highest BCUT2D eigenvalue weighted by Gasteiger charge is 2.17. The van der Waals surface area contributed by atoms with Gasteiger partial charge in [-0.2, -0.15) is 11.8 Å². The smallest absolute Gasteiger partial charge is 0.00472 e. The summed E-state index contributed by atoms with van der Waals surface area (Å²) >= 11 is 2.20. The third-order valence-corrected chi connectivity index (χ3v) is 3.96. The van der Waals surface area contributed by atoms with Crippen molar-refractivity contribution in [3.05, 3.63) is 0 Å². The molecule has 72 valence electrons. The molecule has 0 radical (unpaired) electrons. The van der Waals surface area contributed by atoms with Crippen molar-refractivity contribution in [2.45, 2.75) is 58.1 Å². The molecular weight excluding hydrogens is 164 g/mol. The minimum Gasteiger partial charge on any atom is -0.159 e. The molecule has 0 N–H and O–H groups in total. The van der Waals surface area contributed by atoms with Crippen molar-refractivity contribution in [1.82, 2.24) is 0 Å². The second kappa shape index (κ2) is 4.55. The zero-order valence-electron chi connectivity index (χ0n) is 8.73. The van der Waals surface area contributed by atoms with Crippen molar-refractivity contribution in [1.29, 1.82) is 0 Å². The Balaban J connectivity index is 2.13. The highest BCUT2D eigenvalue weighted by molar-refractivity contribution is 7.99. The number of hydrogen-bond donors (Lipinski definition) is 0. The van der Waals surface area contributed by atoms with E-state index in [1.54, 1.807) is 0 Å². The van der Waals surface area contributed by atoms with Crippen LogP contribution in [0, 0.1) is 5.41 Å². The first-order chi connectivity index (χ1) is 5.58. The van der Waals surface area contributed by atoms with Gasteiger partial charge in [-0.1, -0.05) is 27.2 Å². The standard InChI is InChI=1S/C11H22S/c1-11(2,3)8-7-10-6-4-5-9-12-10/h10H,4-9H2,1-3H3. The summed E-state index contributed by atoms with van der Waals surface area (Å²) in [6.45, 7) is 7.04. The topological polar surface area (TPSA) is 0 Å². The Bertz CT molecular complexity index is 117. The van der Waals surface area contributed by atoms with Gasteiger partial charge >= 0.3 is 0 Å². The van der Waals surface area contributed by atoms with Gasteiger partial charge in [0.15, 0.2) is 0 Å². The summed E-state index contributed by atoms with van der Waals surface area (Å²) < 4.78 is 0. The molecular formula is C11H22S. The van der Waals surface area contributed by atoms with E-state index in [4.69, 9.17) is 0 Å². The molecule has 0 amide bonds. The van der Waals surface area contributed by atoms with E-state index in [0.29, 0.717) is 5.41 Å². The van der Waals surface area contributed by atoms with Crippen LogP contribution in [-0.4, -0.2) is 11.0 Å². The molecule has 0 saturated carbocycles. The van der Waals surface area contributed by atoms with Crippen LogP contribution in [0.3, 0.4) is 0 Å². The van der Waals surface area contributed by atoms with Gasteiger partial charge in [-0.3, -0.25) is 0 Å². The molecule has 1 unspecified atom stereocenters. The number of hydrogen-bond acceptors (Lipinski definition) is 1. The third kappa shape index (κ3) is 4.39. The lowest BCUT2D eigenvalue weighted by Gasteiger charge is -2.25. The van der Waals surface area contributed by atoms with E-state index < -0.39 is 0 Å². The Morgan fingerprint density at radius 1 is 1.25 bits per heavy atom. The Morgan fingerprint density at radius 2 is 2.00 bits per heavy atom. The minimum absolute atomic E-state index is 0.540. The normalized spacial score (nSPS) is 25.8. The van der Waals surface area contributed by atoms with E-state index in [2.05, 4.69) is 32.5 Å². The molecule has 1 atom stereocenters. The van der Waals surface area contributed by atoms with Crippen LogP contribution in [-0.2, 0) is 0 Å². The van der Waals surface area contributed by atoms with Crippen molar-refractivity contribution in [2.75, 3.05) is 5.75 Å². The average molecular weight is 186 g/mol. The van der Waals surface area contributed by atoms with E-state index in [9.17, 15) is 0 Å². The first-order valence-electron chi connectivity index (χ1n) is 5.19. The van der Waals surface area contributed by atoms with Gasteiger partial charge < -0.3 is 0 Å². The summed E-state index contributed by atoms with van der Waals surface area (Å²) in [5.74, 6) is 1.41. The van der Waals surface area contributed by atoms with Crippen LogP contribution in [0.5, 0.6) is 0 Å². The summed E-state index contributed by atoms with van der Waals surface area (Å²) in [4.78, 5) is 0. The van der Waals surface area contributed by atoms with E-state index in [1.165, 1.54) is 37.9 Å². The second-order valence-corrected chi connectivity index (χ2v) is 6.50. The molecule has 1 heteroatoms. The molecule has 0 aromatic heterocycles. The predicted octanol–water partition coefficient (Wildman–Crippen LogP) is 4.10. The van der Waals surface area contributed by atoms with E-state index >= 15 is 0 Å². The average Bonchev–Trinajstić information content (AvgIpc) is 2.02. The van der Waals surface area contributed by atoms with Crippen LogP contribution in [0.15, 0.2) is 0 Å². The highest BCUT2D eigenvalue weighted by atomic mass is 32.2. The first-order valence-corrected chi connectivity index (χ1v) is 6.24. The Hall–Kier alpha value is 0.350. The predicted molar refractivity (Wildman–Crippen MR) is 58.8 cm³/mol. The van der Waals surface area contributed by atoms with Gasteiger partial charge in [0.05, 0.1) is 0 Å². The summed E-state index contributed by atoms with van der Waals surface area (Å²) in [7, 11) is 0. The molecule has 1 aliphatic heterocycles. The van der Waals surface area contributed by atoms with Crippen LogP contribution in [0.25, 0.3) is 0 Å². The molecule has 1 heterocycles. The van der Waals surface area contributed by atoms with Gasteiger partial charge in [-0.15, -0.1) is 0 Å². The van der Waals surface area contributed by atoms with Crippen LogP contribution in [0.4, 0.5) is 0 Å². The Labute approximate surface area is 81.5 Å². The van der Waals surface area contributed by atoms with E-state index in [0.717, 1.165) is 5.25 Å². The first kappa shape index (κ1) is 10.4. The third-order valence-electron chi connectivity index (χ3n) is 2.49. The fourth-order valence-electron chi connectivity index (χ4n) is 1.63. The lowest BCUT2D eigenvalue weighted by atomic mass is 9.89. The van der Waals surface area contributed by atoms with Crippen molar-refractivity contribution in [2.24, 2.45) is 5.41 Å². The van der Waals surface area contributed by atoms with Crippen LogP contribution in [0.2, 0.25) is 0 Å². The molecule has 0 bridgehead atoms. The molecule has 12 heavy (non-hydrogen) atoms. The van der Waals surface area contributed by atoms with Crippen LogP contribution in [0.1, 0.15) is 52.9 Å². The second-order valence-electron chi connectivity index (χ2n) is 5.09. The molecule has 0 spiro atoms. The largest absolute Gasteiger partial charge is 0.159 e. The van der Waals surface area contributed by atoms with Gasteiger partial charge in [-0.05, 0) is 36.9 Å². The maximum Gasteiger partial charge on any atom is 0.00472 e. The maximum atomic E-state index is 2.35. The molecule has 0 aliphatic carbocycles. The maximum absolute atomic E-state index is 2.35. The fourth-order valence-corrected chi connectivity index (χ4v) is 2.95. The summed E-state index contributed by atoms with van der Waals surface area (Å²) in [6.07, 6.45) is 7.23. The van der Waals surface area contributed by atoms with Gasteiger partial charge in [0.2, 0.25) is 0 Å². The van der Waals surface area contributed by atoms with Gasteiger partial charge in [0.1, 0.15) is 0 Å². The van der Waals surface area contributed by atoms with Crippen molar-refractivity contribution >= 4 is 11.8 Å². The molecule has 0 nitrogen and oxygen atoms in total. The summed E-state index contributed by atoms with van der Waals surface area (Å²) in [6, 6.07) is 0. The van der Waals surface area contributed by atoms with Gasteiger partial charge in [0.25, 0.3) is 0 Å². The van der Waals surface area contributed by atoms with Crippen LogP contribution >= 0.6 is 11.8 Å². The fraction of sp³-hybridized carbons (Fsp3) is 1.00. The van der Waals surface area contributed by atoms with E-state index in [1.807, 2.05) is 0 Å². The van der Waals surface area contributed by atoms with E-state index in [-0.39, 0.29) is 0 Å². The molecule has 1 saturated heterocycles. The molecule has 1 fully saturated rings. The zero-order chi connectivity index (χ0) is 9.03. The molecule has 0 aromatic carbocycles. The molecule has 1 rings (SSSR count). The quantitative estimate of drug-likeness (QED) is 0.625. The zero-order valence-corrected chi connectivity index (χ0v) is 9.54. The minimum atomic E-state index is 0.540. The van der Waals surface area contributed by atoms with Gasteiger partial charge in [0, 0.05) is 5.25 Å². The van der Waals surface area contributed by atoms with Crippen molar-refractivity contribution in [3.63, 3.8) is 0 Å². The highest BCUT2D eigenvalue weighted by Crippen LogP contribution is 2.32. The summed E-state index contributed by atoms with van der Waals surface area (Å²) in [5.41, 5.74) is 0.540. The number of thioether (sulfide) groups is 1. The van der Waals surface area contributed by atoms with Crippen molar-refractivity contribution in [3.8, 4) is 0 Å². The monoisotopic (exact) mass is 186 g/mol. The van der Waals surface area contributed by atoms with Crippen LogP contribution < -0.4 is 0 Å². The Kier molecular flexibility index (Phi) is 3.95. The van der Waals surface area contributed by atoms with Crippen molar-refractivity contribution < 1.29 is 0 Å².